The fourth-order valence-electron chi connectivity index (χ4n) is 2.94. The van der Waals surface area contributed by atoms with Gasteiger partial charge in [-0.25, -0.2) is 19.7 Å². The third-order valence-electron chi connectivity index (χ3n) is 4.49. The second-order valence-electron chi connectivity index (χ2n) is 6.88. The Morgan fingerprint density at radius 3 is 2.69 bits per heavy atom. The highest BCUT2D eigenvalue weighted by atomic mass is 16.2. The number of anilines is 1. The summed E-state index contributed by atoms with van der Waals surface area (Å²) in [4.78, 5) is 28.7. The zero-order valence-electron chi connectivity index (χ0n) is 16.4. The average molecular weight is 388 g/mol. The van der Waals surface area contributed by atoms with Gasteiger partial charge in [-0.2, -0.15) is 0 Å². The molecule has 0 unspecified atom stereocenters. The van der Waals surface area contributed by atoms with E-state index in [0.717, 1.165) is 0 Å². The maximum absolute atomic E-state index is 12.8. The fourth-order valence-corrected chi connectivity index (χ4v) is 2.94. The molecule has 4 heterocycles. The van der Waals surface area contributed by atoms with Crippen molar-refractivity contribution < 1.29 is 4.79 Å². The highest BCUT2D eigenvalue weighted by molar-refractivity contribution is 5.94. The molecule has 0 radical (unpaired) electrons. The smallest absolute Gasteiger partial charge is 0.310 e. The molecule has 146 valence electrons. The van der Waals surface area contributed by atoms with Crippen LogP contribution in [0.25, 0.3) is 11.5 Å². The second-order valence-corrected chi connectivity index (χ2v) is 6.88. The van der Waals surface area contributed by atoms with E-state index in [2.05, 4.69) is 51.0 Å². The Morgan fingerprint density at radius 2 is 1.93 bits per heavy atom. The largest absolute Gasteiger partial charge is 0.337 e. The molecule has 1 fully saturated rings. The number of urea groups is 1. The summed E-state index contributed by atoms with van der Waals surface area (Å²) in [5.74, 6) is 4.84. The molecule has 2 amide bonds. The first-order chi connectivity index (χ1) is 14.0. The van der Waals surface area contributed by atoms with E-state index in [1.54, 1.807) is 23.6 Å². The molecular weight excluding hydrogens is 368 g/mol. The number of carbonyl (C=O) groups is 1. The Morgan fingerprint density at radius 1 is 1.14 bits per heavy atom. The lowest BCUT2D eigenvalue weighted by molar-refractivity contribution is 0.236. The van der Waals surface area contributed by atoms with Gasteiger partial charge in [-0.3, -0.25) is 9.80 Å². The number of rotatable bonds is 3. The van der Waals surface area contributed by atoms with Crippen molar-refractivity contribution in [3.05, 3.63) is 48.3 Å². The van der Waals surface area contributed by atoms with Crippen LogP contribution in [0, 0.1) is 18.9 Å². The van der Waals surface area contributed by atoms with Crippen LogP contribution in [0.15, 0.2) is 36.9 Å². The Labute approximate surface area is 168 Å². The number of nitrogens with zero attached hydrogens (tertiary/aromatic N) is 8. The van der Waals surface area contributed by atoms with Crippen molar-refractivity contribution in [2.45, 2.75) is 26.8 Å². The molecule has 4 rings (SSSR count). The predicted octanol–water partition coefficient (Wildman–Crippen LogP) is 2.27. The quantitative estimate of drug-likeness (QED) is 0.639. The normalized spacial score (nSPS) is 13.7. The molecular formula is C20H20N8O. The van der Waals surface area contributed by atoms with Crippen molar-refractivity contribution in [1.29, 1.82) is 0 Å². The first-order valence-electron chi connectivity index (χ1n) is 9.29. The van der Waals surface area contributed by atoms with Crippen molar-refractivity contribution in [1.82, 2.24) is 34.6 Å². The summed E-state index contributed by atoms with van der Waals surface area (Å²) in [5.41, 5.74) is 1.33. The van der Waals surface area contributed by atoms with E-state index in [1.807, 2.05) is 29.7 Å². The van der Waals surface area contributed by atoms with Gasteiger partial charge in [0, 0.05) is 31.0 Å². The highest BCUT2D eigenvalue weighted by Crippen LogP contribution is 2.23. The number of hydrogen-bond acceptors (Lipinski definition) is 6. The molecule has 3 aromatic heterocycles. The monoisotopic (exact) mass is 388 g/mol. The number of hydrogen-bond donors (Lipinski definition) is 0. The molecule has 0 atom stereocenters. The maximum Gasteiger partial charge on any atom is 0.337 e. The molecule has 0 saturated carbocycles. The Bertz CT molecular complexity index is 1090. The molecule has 9 nitrogen and oxygen atoms in total. The summed E-state index contributed by atoms with van der Waals surface area (Å²) >= 11 is 0. The van der Waals surface area contributed by atoms with E-state index >= 15 is 0 Å². The Kier molecular flexibility index (Phi) is 4.91. The molecule has 9 heteroatoms. The van der Waals surface area contributed by atoms with Crippen LogP contribution in [0.5, 0.6) is 0 Å². The van der Waals surface area contributed by atoms with Gasteiger partial charge in [0.1, 0.15) is 23.7 Å². The number of aromatic nitrogens is 6. The molecule has 1 saturated heterocycles. The SMILES string of the molecule is Cc1ncc(C#CN2CCN(c3cccc(-c4nncn4C(C)C)n3)C2=O)cn1. The van der Waals surface area contributed by atoms with Crippen molar-refractivity contribution in [2.75, 3.05) is 18.0 Å². The zero-order chi connectivity index (χ0) is 20.4. The Balaban J connectivity index is 1.55. The molecule has 1 aliphatic rings. The van der Waals surface area contributed by atoms with Crippen molar-refractivity contribution in [3.8, 4) is 23.5 Å². The number of carbonyl (C=O) groups excluding carboxylic acids is 1. The van der Waals surface area contributed by atoms with Gasteiger partial charge in [0.25, 0.3) is 0 Å². The van der Waals surface area contributed by atoms with Gasteiger partial charge < -0.3 is 4.57 Å². The van der Waals surface area contributed by atoms with Crippen LogP contribution in [-0.2, 0) is 0 Å². The van der Waals surface area contributed by atoms with Gasteiger partial charge in [0.2, 0.25) is 0 Å². The topological polar surface area (TPSA) is 92.9 Å². The lowest BCUT2D eigenvalue weighted by atomic mass is 10.3. The summed E-state index contributed by atoms with van der Waals surface area (Å²) in [6.07, 6.45) is 4.97. The standard InChI is InChI=1S/C20H20N8O/c1-14(2)28-13-23-25-19(28)17-5-4-6-18(24-17)27-10-9-26(20(27)29)8-7-16-11-21-15(3)22-12-16/h4-6,11-14H,9-10H2,1-3H3. The van der Waals surface area contributed by atoms with Crippen LogP contribution in [0.2, 0.25) is 0 Å². The molecule has 0 spiro atoms. The molecule has 0 N–H and O–H groups in total. The third kappa shape index (κ3) is 3.78. The molecule has 0 aromatic carbocycles. The predicted molar refractivity (Wildman–Crippen MR) is 107 cm³/mol. The van der Waals surface area contributed by atoms with Gasteiger partial charge >= 0.3 is 6.03 Å². The number of aryl methyl sites for hydroxylation is 1. The summed E-state index contributed by atoms with van der Waals surface area (Å²) in [6.45, 7) is 6.91. The number of pyridine rings is 1. The van der Waals surface area contributed by atoms with Gasteiger partial charge in [0.15, 0.2) is 5.82 Å². The fraction of sp³-hybridized carbons (Fsp3) is 0.300. The van der Waals surface area contributed by atoms with Crippen LogP contribution in [0.3, 0.4) is 0 Å². The number of amides is 2. The highest BCUT2D eigenvalue weighted by Gasteiger charge is 2.30. The maximum atomic E-state index is 12.8. The Hall–Kier alpha value is -3.80. The minimum atomic E-state index is -0.208. The molecule has 1 aliphatic heterocycles. The third-order valence-corrected chi connectivity index (χ3v) is 4.49. The van der Waals surface area contributed by atoms with Crippen molar-refractivity contribution >= 4 is 11.8 Å². The minimum Gasteiger partial charge on any atom is -0.310 e. The first-order valence-corrected chi connectivity index (χ1v) is 9.29. The van der Waals surface area contributed by atoms with E-state index in [9.17, 15) is 4.79 Å². The zero-order valence-corrected chi connectivity index (χ0v) is 16.4. The van der Waals surface area contributed by atoms with Gasteiger partial charge in [-0.05, 0) is 38.8 Å². The lowest BCUT2D eigenvalue weighted by Crippen LogP contribution is -2.29. The van der Waals surface area contributed by atoms with E-state index in [4.69, 9.17) is 0 Å². The summed E-state index contributed by atoms with van der Waals surface area (Å²) < 4.78 is 1.94. The van der Waals surface area contributed by atoms with Crippen LogP contribution in [0.4, 0.5) is 10.6 Å². The molecule has 0 aliphatic carbocycles. The molecule has 3 aromatic rings. The van der Waals surface area contributed by atoms with Gasteiger partial charge in [-0.15, -0.1) is 10.2 Å². The minimum absolute atomic E-state index is 0.204. The lowest BCUT2D eigenvalue weighted by Gasteiger charge is -2.16. The first kappa shape index (κ1) is 18.6. The summed E-state index contributed by atoms with van der Waals surface area (Å²) in [7, 11) is 0. The van der Waals surface area contributed by atoms with Gasteiger partial charge in [0.05, 0.1) is 12.1 Å². The van der Waals surface area contributed by atoms with Crippen LogP contribution >= 0.6 is 0 Å². The van der Waals surface area contributed by atoms with Crippen LogP contribution in [0.1, 0.15) is 31.3 Å². The van der Waals surface area contributed by atoms with E-state index in [-0.39, 0.29) is 12.1 Å². The molecule has 29 heavy (non-hydrogen) atoms. The second kappa shape index (κ2) is 7.67. The average Bonchev–Trinajstić information content (AvgIpc) is 3.35. The summed E-state index contributed by atoms with van der Waals surface area (Å²) in [6, 6.07) is 8.42. The van der Waals surface area contributed by atoms with E-state index in [1.165, 1.54) is 4.90 Å². The van der Waals surface area contributed by atoms with E-state index in [0.29, 0.717) is 41.8 Å². The van der Waals surface area contributed by atoms with Crippen LogP contribution in [-0.4, -0.2) is 53.7 Å². The van der Waals surface area contributed by atoms with Crippen molar-refractivity contribution in [2.24, 2.45) is 0 Å². The van der Waals surface area contributed by atoms with Crippen molar-refractivity contribution in [3.63, 3.8) is 0 Å². The molecule has 0 bridgehead atoms. The van der Waals surface area contributed by atoms with Gasteiger partial charge in [-0.1, -0.05) is 6.07 Å². The van der Waals surface area contributed by atoms with E-state index < -0.39 is 0 Å². The summed E-state index contributed by atoms with van der Waals surface area (Å²) in [5, 5.41) is 8.17. The van der Waals surface area contributed by atoms with Crippen LogP contribution < -0.4 is 4.90 Å².